The van der Waals surface area contributed by atoms with Gasteiger partial charge in [-0.15, -0.1) is 0 Å². The van der Waals surface area contributed by atoms with E-state index < -0.39 is 0 Å². The van der Waals surface area contributed by atoms with E-state index in [0.717, 1.165) is 38.3 Å². The lowest BCUT2D eigenvalue weighted by Crippen LogP contribution is -2.41. The van der Waals surface area contributed by atoms with Gasteiger partial charge < -0.3 is 14.3 Å². The number of aromatic nitrogens is 2. The maximum Gasteiger partial charge on any atom is 0.259 e. The van der Waals surface area contributed by atoms with Gasteiger partial charge in [-0.3, -0.25) is 4.79 Å². The van der Waals surface area contributed by atoms with Crippen molar-refractivity contribution in [3.05, 3.63) is 41.4 Å². The largest absolute Gasteiger partial charge is 0.361 e. The van der Waals surface area contributed by atoms with E-state index in [1.54, 1.807) is 6.92 Å². The lowest BCUT2D eigenvalue weighted by atomic mass is 9.95. The Hall–Kier alpha value is -2.37. The number of amides is 1. The molecule has 1 fully saturated rings. The lowest BCUT2D eigenvalue weighted by molar-refractivity contribution is 0.0727. The molecule has 0 unspecified atom stereocenters. The average Bonchev–Trinajstić information content (AvgIpc) is 2.99. The van der Waals surface area contributed by atoms with Crippen molar-refractivity contribution >= 4 is 11.7 Å². The Morgan fingerprint density at radius 2 is 2.08 bits per heavy atom. The molecule has 0 atom stereocenters. The van der Waals surface area contributed by atoms with E-state index in [1.807, 2.05) is 37.1 Å². The number of hydrogen-bond donors (Lipinski definition) is 0. The quantitative estimate of drug-likeness (QED) is 0.836. The van der Waals surface area contributed by atoms with Crippen LogP contribution in [0.5, 0.6) is 0 Å². The molecule has 2 aromatic heterocycles. The van der Waals surface area contributed by atoms with Crippen LogP contribution < -0.4 is 4.90 Å². The van der Waals surface area contributed by atoms with Gasteiger partial charge in [0.15, 0.2) is 0 Å². The van der Waals surface area contributed by atoms with Gasteiger partial charge in [0.1, 0.15) is 17.1 Å². The number of carbonyl (C=O) groups is 1. The summed E-state index contributed by atoms with van der Waals surface area (Å²) in [7, 11) is 0. The number of aryl methyl sites for hydroxylation is 2. The highest BCUT2D eigenvalue weighted by atomic mass is 16.5. The van der Waals surface area contributed by atoms with Gasteiger partial charge in [0, 0.05) is 32.4 Å². The molecule has 2 aromatic rings. The minimum atomic E-state index is 0.0332. The molecule has 6 heteroatoms. The second kappa shape index (κ2) is 7.68. The number of anilines is 1. The molecular weight excluding hydrogens is 316 g/mol. The third kappa shape index (κ3) is 3.83. The van der Waals surface area contributed by atoms with Gasteiger partial charge in [0.25, 0.3) is 5.91 Å². The van der Waals surface area contributed by atoms with Crippen LogP contribution >= 0.6 is 0 Å². The summed E-state index contributed by atoms with van der Waals surface area (Å²) < 4.78 is 5.15. The fourth-order valence-electron chi connectivity index (χ4n) is 3.50. The minimum Gasteiger partial charge on any atom is -0.361 e. The van der Waals surface area contributed by atoms with Crippen molar-refractivity contribution in [3.63, 3.8) is 0 Å². The van der Waals surface area contributed by atoms with Crippen molar-refractivity contribution in [2.45, 2.75) is 33.6 Å². The summed E-state index contributed by atoms with van der Waals surface area (Å²) in [6, 6.07) is 6.02. The normalized spacial score (nSPS) is 15.4. The summed E-state index contributed by atoms with van der Waals surface area (Å²) >= 11 is 0. The number of hydrogen-bond acceptors (Lipinski definition) is 5. The van der Waals surface area contributed by atoms with E-state index in [4.69, 9.17) is 4.52 Å². The van der Waals surface area contributed by atoms with Crippen molar-refractivity contribution in [3.8, 4) is 0 Å². The molecule has 1 aliphatic rings. The fourth-order valence-corrected chi connectivity index (χ4v) is 3.50. The summed E-state index contributed by atoms with van der Waals surface area (Å²) in [4.78, 5) is 21.5. The zero-order valence-electron chi connectivity index (χ0n) is 15.2. The Bertz CT molecular complexity index is 686. The predicted molar refractivity (Wildman–Crippen MR) is 96.7 cm³/mol. The van der Waals surface area contributed by atoms with E-state index in [9.17, 15) is 4.79 Å². The van der Waals surface area contributed by atoms with Crippen LogP contribution in [0.4, 0.5) is 5.82 Å². The standard InChI is InChI=1S/C19H26N4O2/c1-4-22(19(24)18-14(2)21-25-15(18)3)13-16-8-11-23(12-9-16)17-7-5-6-10-20-17/h5-7,10,16H,4,8-9,11-13H2,1-3H3. The smallest absolute Gasteiger partial charge is 0.259 e. The number of nitrogens with zero attached hydrogens (tertiary/aromatic N) is 4. The Morgan fingerprint density at radius 1 is 1.32 bits per heavy atom. The van der Waals surface area contributed by atoms with Gasteiger partial charge in [0.05, 0.1) is 5.69 Å². The molecule has 0 spiro atoms. The average molecular weight is 342 g/mol. The molecule has 0 radical (unpaired) electrons. The van der Waals surface area contributed by atoms with Crippen LogP contribution in [0.2, 0.25) is 0 Å². The molecule has 0 N–H and O–H groups in total. The van der Waals surface area contributed by atoms with Crippen LogP contribution in [0, 0.1) is 19.8 Å². The zero-order chi connectivity index (χ0) is 17.8. The first-order valence-corrected chi connectivity index (χ1v) is 8.98. The van der Waals surface area contributed by atoms with Crippen LogP contribution in [-0.2, 0) is 0 Å². The number of rotatable bonds is 5. The molecule has 25 heavy (non-hydrogen) atoms. The second-order valence-corrected chi connectivity index (χ2v) is 6.66. The van der Waals surface area contributed by atoms with Crippen molar-refractivity contribution in [1.82, 2.24) is 15.0 Å². The Labute approximate surface area is 148 Å². The summed E-state index contributed by atoms with van der Waals surface area (Å²) in [5.74, 6) is 2.20. The van der Waals surface area contributed by atoms with Gasteiger partial charge in [-0.25, -0.2) is 4.98 Å². The summed E-state index contributed by atoms with van der Waals surface area (Å²) in [6.45, 7) is 9.10. The van der Waals surface area contributed by atoms with Crippen LogP contribution in [0.25, 0.3) is 0 Å². The first kappa shape index (κ1) is 17.5. The molecule has 1 amide bonds. The Kier molecular flexibility index (Phi) is 5.36. The number of piperidine rings is 1. The Morgan fingerprint density at radius 3 is 2.64 bits per heavy atom. The molecule has 1 aliphatic heterocycles. The lowest BCUT2D eigenvalue weighted by Gasteiger charge is -2.35. The highest BCUT2D eigenvalue weighted by Crippen LogP contribution is 2.23. The molecule has 0 aromatic carbocycles. The van der Waals surface area contributed by atoms with Gasteiger partial charge in [-0.1, -0.05) is 11.2 Å². The molecule has 1 saturated heterocycles. The van der Waals surface area contributed by atoms with Gasteiger partial charge in [-0.2, -0.15) is 0 Å². The van der Waals surface area contributed by atoms with Gasteiger partial charge in [-0.05, 0) is 51.7 Å². The third-order valence-corrected chi connectivity index (χ3v) is 4.98. The van der Waals surface area contributed by atoms with Gasteiger partial charge >= 0.3 is 0 Å². The first-order chi connectivity index (χ1) is 12.1. The van der Waals surface area contributed by atoms with Crippen molar-refractivity contribution < 1.29 is 9.32 Å². The number of pyridine rings is 1. The maximum absolute atomic E-state index is 12.8. The highest BCUT2D eigenvalue weighted by Gasteiger charge is 2.27. The van der Waals surface area contributed by atoms with Crippen molar-refractivity contribution in [2.75, 3.05) is 31.1 Å². The van der Waals surface area contributed by atoms with Crippen LogP contribution in [-0.4, -0.2) is 47.1 Å². The van der Waals surface area contributed by atoms with E-state index in [0.29, 0.717) is 29.5 Å². The minimum absolute atomic E-state index is 0.0332. The molecule has 0 aliphatic carbocycles. The maximum atomic E-state index is 12.8. The van der Waals surface area contributed by atoms with Crippen molar-refractivity contribution in [1.29, 1.82) is 0 Å². The SMILES string of the molecule is CCN(CC1CCN(c2ccccn2)CC1)C(=O)c1c(C)noc1C. The zero-order valence-corrected chi connectivity index (χ0v) is 15.2. The van der Waals surface area contributed by atoms with Gasteiger partial charge in [0.2, 0.25) is 0 Å². The van der Waals surface area contributed by atoms with Crippen LogP contribution in [0.3, 0.4) is 0 Å². The van der Waals surface area contributed by atoms with Crippen molar-refractivity contribution in [2.24, 2.45) is 5.92 Å². The molecule has 0 bridgehead atoms. The van der Waals surface area contributed by atoms with Crippen LogP contribution in [0.1, 0.15) is 41.6 Å². The topological polar surface area (TPSA) is 62.5 Å². The molecule has 0 saturated carbocycles. The molecule has 134 valence electrons. The van der Waals surface area contributed by atoms with E-state index >= 15 is 0 Å². The van der Waals surface area contributed by atoms with E-state index in [1.165, 1.54) is 0 Å². The highest BCUT2D eigenvalue weighted by molar-refractivity contribution is 5.96. The number of carbonyl (C=O) groups excluding carboxylic acids is 1. The molecular formula is C19H26N4O2. The predicted octanol–water partition coefficient (Wildman–Crippen LogP) is 3.07. The van der Waals surface area contributed by atoms with E-state index in [2.05, 4.69) is 21.1 Å². The van der Waals surface area contributed by atoms with Crippen LogP contribution in [0.15, 0.2) is 28.9 Å². The van der Waals surface area contributed by atoms with E-state index in [-0.39, 0.29) is 5.91 Å². The molecule has 3 rings (SSSR count). The fraction of sp³-hybridized carbons (Fsp3) is 0.526. The molecule has 6 nitrogen and oxygen atoms in total. The molecule has 3 heterocycles. The summed E-state index contributed by atoms with van der Waals surface area (Å²) in [5.41, 5.74) is 1.29. The Balaban J connectivity index is 1.59. The summed E-state index contributed by atoms with van der Waals surface area (Å²) in [6.07, 6.45) is 3.98. The monoisotopic (exact) mass is 342 g/mol. The second-order valence-electron chi connectivity index (χ2n) is 6.66. The summed E-state index contributed by atoms with van der Waals surface area (Å²) in [5, 5.41) is 3.91. The third-order valence-electron chi connectivity index (χ3n) is 4.98. The first-order valence-electron chi connectivity index (χ1n) is 8.98.